The van der Waals surface area contributed by atoms with Crippen molar-refractivity contribution in [1.82, 2.24) is 0 Å². The van der Waals surface area contributed by atoms with E-state index in [9.17, 15) is 0 Å². The largest absolute Gasteiger partial charge is 0.454 e. The van der Waals surface area contributed by atoms with Gasteiger partial charge in [-0.3, -0.25) is 10.1 Å². The van der Waals surface area contributed by atoms with Gasteiger partial charge in [0.2, 0.25) is 0 Å². The molecule has 9 heavy (non-hydrogen) atoms. The van der Waals surface area contributed by atoms with Crippen LogP contribution in [0.4, 0.5) is 0 Å². The van der Waals surface area contributed by atoms with Crippen molar-refractivity contribution in [2.45, 2.75) is 0 Å². The van der Waals surface area contributed by atoms with Crippen LogP contribution in [0.25, 0.3) is 0 Å². The van der Waals surface area contributed by atoms with Crippen LogP contribution in [-0.4, -0.2) is 25.3 Å². The predicted octanol–water partition coefficient (Wildman–Crippen LogP) is -1.54. The molecule has 1 N–H and O–H groups in total. The van der Waals surface area contributed by atoms with Crippen LogP contribution in [0.15, 0.2) is 0 Å². The summed E-state index contributed by atoms with van der Waals surface area (Å²) in [7, 11) is 0.725. The minimum Gasteiger partial charge on any atom is -0.328 e. The summed E-state index contributed by atoms with van der Waals surface area (Å²) in [6, 6.07) is 0. The molecule has 0 aromatic rings. The molecule has 9 heteroatoms. The summed E-state index contributed by atoms with van der Waals surface area (Å²) in [6.07, 6.45) is 0. The van der Waals surface area contributed by atoms with Crippen LogP contribution in [0.5, 0.6) is 0 Å². The van der Waals surface area contributed by atoms with Crippen molar-refractivity contribution >= 4 is 10.4 Å². The van der Waals surface area contributed by atoms with Gasteiger partial charge in [-0.05, 0) is 0 Å². The zero-order valence-corrected chi connectivity index (χ0v) is 7.19. The average Bonchev–Trinajstić information content (AvgIpc) is 1.25. The maximum Gasteiger partial charge on any atom is 0.454 e. The molecule has 0 rings (SSSR count). The molecule has 0 aromatic carbocycles. The summed E-state index contributed by atoms with van der Waals surface area (Å²) in [6.45, 7) is 0. The smallest absolute Gasteiger partial charge is 0.328 e. The van der Waals surface area contributed by atoms with Crippen molar-refractivity contribution in [1.29, 1.82) is 0 Å². The first-order valence-corrected chi connectivity index (χ1v) is 1.88. The van der Waals surface area contributed by atoms with E-state index in [-0.39, 0.29) is 19.5 Å². The van der Waals surface area contributed by atoms with E-state index in [1.165, 1.54) is 0 Å². The minimum absolute atomic E-state index is 0. The Balaban J connectivity index is -0.0000000720. The van der Waals surface area contributed by atoms with Crippen molar-refractivity contribution in [2.24, 2.45) is 0 Å². The zero-order chi connectivity index (χ0) is 7.15. The third-order valence-corrected chi connectivity index (χ3v) is 0. The molecule has 0 aliphatic rings. The van der Waals surface area contributed by atoms with Gasteiger partial charge < -0.3 is 5.21 Å². The van der Waals surface area contributed by atoms with Gasteiger partial charge in [0, 0.05) is 19.5 Å². The molecule has 1 radical (unpaired) electrons. The molecule has 0 spiro atoms. The molecule has 0 fully saturated rings. The number of nitrogens with zero attached hydrogens (tertiary/aromatic N) is 2. The van der Waals surface area contributed by atoms with Gasteiger partial charge in [0.15, 0.2) is 0 Å². The Kier molecular flexibility index (Phi) is 18.3. The molecular weight excluding hydrogens is 237 g/mol. The van der Waals surface area contributed by atoms with E-state index in [1.807, 2.05) is 0 Å². The van der Waals surface area contributed by atoms with Gasteiger partial charge in [-0.25, -0.2) is 0 Å². The van der Waals surface area contributed by atoms with Gasteiger partial charge in [0.1, 0.15) is 0 Å². The number of nitro groups is 1. The molecule has 7 nitrogen and oxygen atoms in total. The summed E-state index contributed by atoms with van der Waals surface area (Å²) in [4.78, 5) is 17.2. The molecular formula is H3N2O5RuSi. The maximum atomic E-state index is 8.82. The fourth-order valence-corrected chi connectivity index (χ4v) is 0. The first-order chi connectivity index (χ1) is 3.46. The standard InChI is InChI=1S/HNO3.H2NO2Si.Ru/c2*2-1(3)4;/h(H,2,3,4);4H2;. The van der Waals surface area contributed by atoms with Crippen LogP contribution < -0.4 is 0 Å². The molecule has 0 amide bonds. The van der Waals surface area contributed by atoms with Crippen molar-refractivity contribution < 1.29 is 34.4 Å². The summed E-state index contributed by atoms with van der Waals surface area (Å²) < 4.78 is -0.472. The van der Waals surface area contributed by atoms with E-state index in [1.54, 1.807) is 0 Å². The van der Waals surface area contributed by atoms with E-state index in [0.29, 0.717) is 0 Å². The Morgan fingerprint density at radius 1 is 1.33 bits per heavy atom. The molecule has 0 saturated heterocycles. The second kappa shape index (κ2) is 10.4. The SMILES string of the molecule is O=[N+]([O-])O.O=[N+]([O-])[SiH2].[Ru]. The van der Waals surface area contributed by atoms with Crippen LogP contribution in [0.1, 0.15) is 0 Å². The van der Waals surface area contributed by atoms with E-state index < -0.39 is 9.68 Å². The Bertz CT molecular complexity index is 73.0. The first-order valence-electron chi connectivity index (χ1n) is 1.25. The first kappa shape index (κ1) is 15.8. The zero-order valence-electron chi connectivity index (χ0n) is 4.04. The average molecular weight is 240 g/mol. The summed E-state index contributed by atoms with van der Waals surface area (Å²) in [5.74, 6) is 0. The molecule has 0 saturated carbocycles. The summed E-state index contributed by atoms with van der Waals surface area (Å²) >= 11 is 0. The summed E-state index contributed by atoms with van der Waals surface area (Å²) in [5.41, 5.74) is 0. The third kappa shape index (κ3) is 703. The normalized spacial score (nSPS) is 5.44. The molecule has 0 bridgehead atoms. The molecule has 0 unspecified atom stereocenters. The number of hydrogen-bond acceptors (Lipinski definition) is 4. The van der Waals surface area contributed by atoms with E-state index in [4.69, 9.17) is 25.4 Å². The van der Waals surface area contributed by atoms with Gasteiger partial charge in [-0.15, -0.1) is 10.1 Å². The van der Waals surface area contributed by atoms with Crippen LogP contribution in [0.3, 0.4) is 0 Å². The van der Waals surface area contributed by atoms with Crippen LogP contribution >= 0.6 is 0 Å². The second-order valence-corrected chi connectivity index (χ2v) is 1.09. The van der Waals surface area contributed by atoms with Gasteiger partial charge in [-0.2, -0.15) is 0 Å². The second-order valence-electron chi connectivity index (χ2n) is 0.571. The van der Waals surface area contributed by atoms with Crippen molar-refractivity contribution in [2.75, 3.05) is 0 Å². The van der Waals surface area contributed by atoms with E-state index >= 15 is 0 Å². The summed E-state index contributed by atoms with van der Waals surface area (Å²) in [5, 5.41) is 22.5. The molecule has 0 aromatic heterocycles. The van der Waals surface area contributed by atoms with Crippen molar-refractivity contribution in [3.8, 4) is 0 Å². The minimum atomic E-state index is -1.50. The molecule has 0 aliphatic carbocycles. The van der Waals surface area contributed by atoms with E-state index in [0.717, 1.165) is 10.4 Å². The quantitative estimate of drug-likeness (QED) is 0.314. The van der Waals surface area contributed by atoms with Crippen LogP contribution in [0.2, 0.25) is 0 Å². The number of hydrogen-bond donors (Lipinski definition) is 1. The van der Waals surface area contributed by atoms with Gasteiger partial charge in [0.05, 0.1) is 0 Å². The van der Waals surface area contributed by atoms with Crippen LogP contribution in [-0.2, 0) is 19.5 Å². The van der Waals surface area contributed by atoms with Gasteiger partial charge >= 0.3 is 10.4 Å². The Morgan fingerprint density at radius 3 is 1.33 bits per heavy atom. The maximum absolute atomic E-state index is 8.82. The number of rotatable bonds is 0. The van der Waals surface area contributed by atoms with Gasteiger partial charge in [-0.1, -0.05) is 4.59 Å². The fraction of sp³-hybridized carbons (Fsp3) is 0. The van der Waals surface area contributed by atoms with E-state index in [2.05, 4.69) is 0 Å². The molecule has 0 heterocycles. The molecule has 0 atom stereocenters. The molecule has 55 valence electrons. The Hall–Kier alpha value is -0.560. The topological polar surface area (TPSA) is 107 Å². The fourth-order valence-electron chi connectivity index (χ4n) is 0. The molecule has 0 aliphatic heterocycles. The van der Waals surface area contributed by atoms with Crippen LogP contribution in [0, 0.1) is 20.2 Å². The predicted molar refractivity (Wildman–Crippen MR) is 24.3 cm³/mol. The Morgan fingerprint density at radius 2 is 1.33 bits per heavy atom. The monoisotopic (exact) mass is 241 g/mol. The Labute approximate surface area is 65.6 Å². The third-order valence-electron chi connectivity index (χ3n) is 0. The van der Waals surface area contributed by atoms with Gasteiger partial charge in [0.25, 0.3) is 5.09 Å². The van der Waals surface area contributed by atoms with Crippen molar-refractivity contribution in [3.05, 3.63) is 20.2 Å². The van der Waals surface area contributed by atoms with Crippen molar-refractivity contribution in [3.63, 3.8) is 0 Å².